The van der Waals surface area contributed by atoms with Crippen molar-refractivity contribution >= 4 is 17.7 Å². The van der Waals surface area contributed by atoms with E-state index in [1.807, 2.05) is 0 Å². The predicted octanol–water partition coefficient (Wildman–Crippen LogP) is -0.720. The summed E-state index contributed by atoms with van der Waals surface area (Å²) in [7, 11) is 0. The zero-order valence-electron chi connectivity index (χ0n) is 12.9. The second kappa shape index (κ2) is 8.23. The van der Waals surface area contributed by atoms with Crippen molar-refractivity contribution in [2.75, 3.05) is 26.2 Å². The van der Waals surface area contributed by atoms with Crippen LogP contribution in [0.1, 0.15) is 22.8 Å². The van der Waals surface area contributed by atoms with Crippen LogP contribution in [0.2, 0.25) is 0 Å². The van der Waals surface area contributed by atoms with Crippen molar-refractivity contribution in [3.63, 3.8) is 0 Å². The molecule has 0 aliphatic carbocycles. The molecule has 0 radical (unpaired) electrons. The Kier molecular flexibility index (Phi) is 6.04. The number of esters is 1. The molecule has 1 unspecified atom stereocenters. The van der Waals surface area contributed by atoms with Gasteiger partial charge in [-0.3, -0.25) is 19.6 Å². The van der Waals surface area contributed by atoms with Crippen LogP contribution >= 0.6 is 0 Å². The van der Waals surface area contributed by atoms with Crippen LogP contribution < -0.4 is 10.6 Å². The molecule has 124 valence electrons. The van der Waals surface area contributed by atoms with Crippen molar-refractivity contribution in [1.82, 2.24) is 15.6 Å². The number of rotatable bonds is 6. The lowest BCUT2D eigenvalue weighted by atomic mass is 10.1. The van der Waals surface area contributed by atoms with Crippen molar-refractivity contribution in [2.45, 2.75) is 19.4 Å². The average molecular weight is 320 g/mol. The van der Waals surface area contributed by atoms with Gasteiger partial charge in [-0.1, -0.05) is 0 Å². The quantitative estimate of drug-likeness (QED) is 0.596. The number of β-amino-alcohol motifs (C(OH)–C–C–N with tert-alkyl or cyclic N) is 1. The van der Waals surface area contributed by atoms with Crippen molar-refractivity contribution < 1.29 is 19.4 Å². The van der Waals surface area contributed by atoms with Crippen LogP contribution in [-0.4, -0.2) is 60.1 Å². The van der Waals surface area contributed by atoms with E-state index in [9.17, 15) is 14.7 Å². The summed E-state index contributed by atoms with van der Waals surface area (Å²) in [5, 5.41) is 14.9. The molecule has 0 fully saturated rings. The first-order valence-corrected chi connectivity index (χ1v) is 7.41. The van der Waals surface area contributed by atoms with Gasteiger partial charge in [-0.05, 0) is 18.6 Å². The lowest BCUT2D eigenvalue weighted by molar-refractivity contribution is -0.141. The highest BCUT2D eigenvalue weighted by atomic mass is 16.5. The van der Waals surface area contributed by atoms with Gasteiger partial charge in [-0.25, -0.2) is 0 Å². The van der Waals surface area contributed by atoms with Gasteiger partial charge in [0.2, 0.25) is 0 Å². The Bertz CT molecular complexity index is 603. The van der Waals surface area contributed by atoms with Gasteiger partial charge in [-0.15, -0.1) is 0 Å². The fourth-order valence-electron chi connectivity index (χ4n) is 2.06. The van der Waals surface area contributed by atoms with Crippen LogP contribution in [0.3, 0.4) is 0 Å². The monoisotopic (exact) mass is 320 g/mol. The van der Waals surface area contributed by atoms with Gasteiger partial charge in [-0.2, -0.15) is 0 Å². The standard InChI is InChI=1S/C15H20N4O4/c1-2-23-14(21)9-19-15(22)11-3-10(5-16-6-11)4-13-17-7-12(20)8-18-13/h3,5-6,12,20H,2,4,7-9H2,1H3,(H,17,18)(H,19,22). The highest BCUT2D eigenvalue weighted by Crippen LogP contribution is 2.06. The van der Waals surface area contributed by atoms with E-state index in [0.717, 1.165) is 11.4 Å². The second-order valence-corrected chi connectivity index (χ2v) is 5.07. The number of aliphatic hydroxyl groups excluding tert-OH is 1. The number of carbonyl (C=O) groups excluding carboxylic acids is 2. The van der Waals surface area contributed by atoms with Crippen LogP contribution in [0.25, 0.3) is 0 Å². The molecule has 1 aliphatic rings. The molecule has 1 atom stereocenters. The van der Waals surface area contributed by atoms with Crippen molar-refractivity contribution in [1.29, 1.82) is 0 Å². The SMILES string of the molecule is CCOC(=O)CNC(=O)c1cncc(CC2=NCC(O)CN2)c1. The Morgan fingerprint density at radius 3 is 3.00 bits per heavy atom. The smallest absolute Gasteiger partial charge is 0.325 e. The first-order chi connectivity index (χ1) is 11.1. The third-order valence-electron chi connectivity index (χ3n) is 3.16. The van der Waals surface area contributed by atoms with Crippen molar-refractivity contribution in [3.05, 3.63) is 29.6 Å². The number of aliphatic hydroxyl groups is 1. The Labute approximate surface area is 134 Å². The minimum Gasteiger partial charge on any atom is -0.465 e. The maximum absolute atomic E-state index is 12.0. The number of aliphatic imine (C=N–C) groups is 1. The van der Waals surface area contributed by atoms with Crippen molar-refractivity contribution in [3.8, 4) is 0 Å². The number of amides is 1. The van der Waals surface area contributed by atoms with E-state index in [0.29, 0.717) is 25.1 Å². The van der Waals surface area contributed by atoms with E-state index >= 15 is 0 Å². The van der Waals surface area contributed by atoms with Crippen molar-refractivity contribution in [2.24, 2.45) is 4.99 Å². The molecule has 1 aromatic heterocycles. The number of pyridine rings is 1. The molecule has 1 amide bonds. The summed E-state index contributed by atoms with van der Waals surface area (Å²) in [4.78, 5) is 31.5. The molecule has 1 aromatic rings. The number of hydrogen-bond acceptors (Lipinski definition) is 7. The number of nitrogens with one attached hydrogen (secondary N) is 2. The third kappa shape index (κ3) is 5.33. The average Bonchev–Trinajstić information content (AvgIpc) is 2.55. The van der Waals surface area contributed by atoms with E-state index < -0.39 is 12.1 Å². The largest absolute Gasteiger partial charge is 0.465 e. The number of hydrogen-bond donors (Lipinski definition) is 3. The molecule has 3 N–H and O–H groups in total. The van der Waals surface area contributed by atoms with E-state index in [-0.39, 0.29) is 19.1 Å². The summed E-state index contributed by atoms with van der Waals surface area (Å²) in [6.07, 6.45) is 3.12. The Morgan fingerprint density at radius 2 is 2.30 bits per heavy atom. The highest BCUT2D eigenvalue weighted by molar-refractivity contribution is 5.96. The van der Waals surface area contributed by atoms with E-state index in [4.69, 9.17) is 4.74 Å². The molecule has 2 rings (SSSR count). The molecule has 8 heteroatoms. The van der Waals surface area contributed by atoms with Crippen LogP contribution in [0.4, 0.5) is 0 Å². The molecule has 2 heterocycles. The molecule has 0 bridgehead atoms. The zero-order valence-corrected chi connectivity index (χ0v) is 12.9. The van der Waals surface area contributed by atoms with Gasteiger partial charge in [0, 0.05) is 25.4 Å². The topological polar surface area (TPSA) is 113 Å². The number of nitrogens with zero attached hydrogens (tertiary/aromatic N) is 2. The fourth-order valence-corrected chi connectivity index (χ4v) is 2.06. The summed E-state index contributed by atoms with van der Waals surface area (Å²) in [6.45, 7) is 2.63. The Morgan fingerprint density at radius 1 is 1.48 bits per heavy atom. The van der Waals surface area contributed by atoms with E-state index in [1.165, 1.54) is 6.20 Å². The molecular formula is C15H20N4O4. The Hall–Kier alpha value is -2.48. The molecule has 0 saturated heterocycles. The highest BCUT2D eigenvalue weighted by Gasteiger charge is 2.14. The van der Waals surface area contributed by atoms with Gasteiger partial charge in [0.15, 0.2) is 0 Å². The van der Waals surface area contributed by atoms with Crippen LogP contribution in [-0.2, 0) is 16.0 Å². The normalized spacial score (nSPS) is 17.0. The number of amidine groups is 1. The van der Waals surface area contributed by atoms with Gasteiger partial charge < -0.3 is 20.5 Å². The maximum Gasteiger partial charge on any atom is 0.325 e. The first kappa shape index (κ1) is 16.9. The van der Waals surface area contributed by atoms with Gasteiger partial charge in [0.1, 0.15) is 12.4 Å². The van der Waals surface area contributed by atoms with E-state index in [1.54, 1.807) is 19.2 Å². The lowest BCUT2D eigenvalue weighted by Crippen LogP contribution is -2.39. The molecule has 1 aliphatic heterocycles. The predicted molar refractivity (Wildman–Crippen MR) is 83.2 cm³/mol. The molecule has 8 nitrogen and oxygen atoms in total. The molecule has 0 saturated carbocycles. The van der Waals surface area contributed by atoms with Crippen LogP contribution in [0.15, 0.2) is 23.5 Å². The van der Waals surface area contributed by atoms with E-state index in [2.05, 4.69) is 20.6 Å². The van der Waals surface area contributed by atoms with Gasteiger partial charge in [0.25, 0.3) is 5.91 Å². The minimum atomic E-state index is -0.482. The second-order valence-electron chi connectivity index (χ2n) is 5.07. The first-order valence-electron chi connectivity index (χ1n) is 7.41. The summed E-state index contributed by atoms with van der Waals surface area (Å²) in [6, 6.07) is 1.70. The summed E-state index contributed by atoms with van der Waals surface area (Å²) < 4.78 is 4.75. The summed E-state index contributed by atoms with van der Waals surface area (Å²) >= 11 is 0. The molecular weight excluding hydrogens is 300 g/mol. The molecule has 0 aromatic carbocycles. The summed E-state index contributed by atoms with van der Waals surface area (Å²) in [5.41, 5.74) is 1.18. The van der Waals surface area contributed by atoms with Crippen LogP contribution in [0.5, 0.6) is 0 Å². The number of ether oxygens (including phenoxy) is 1. The lowest BCUT2D eigenvalue weighted by Gasteiger charge is -2.19. The van der Waals surface area contributed by atoms with Gasteiger partial charge >= 0.3 is 5.97 Å². The van der Waals surface area contributed by atoms with Gasteiger partial charge in [0.05, 0.1) is 24.8 Å². The number of aromatic nitrogens is 1. The Balaban J connectivity index is 1.93. The zero-order chi connectivity index (χ0) is 16.7. The minimum absolute atomic E-state index is 0.178. The third-order valence-corrected chi connectivity index (χ3v) is 3.16. The fraction of sp³-hybridized carbons (Fsp3) is 0.467. The molecule has 23 heavy (non-hydrogen) atoms. The molecule has 0 spiro atoms. The summed E-state index contributed by atoms with van der Waals surface area (Å²) in [5.74, 6) is -0.119. The maximum atomic E-state index is 12.0. The van der Waals surface area contributed by atoms with Crippen LogP contribution in [0, 0.1) is 0 Å². The number of carbonyl (C=O) groups is 2.